The second-order valence-corrected chi connectivity index (χ2v) is 16.7. The van der Waals surface area contributed by atoms with Crippen LogP contribution in [-0.2, 0) is 32.7 Å². The number of aliphatic hydroxyl groups is 1. The van der Waals surface area contributed by atoms with E-state index in [-0.39, 0.29) is 12.8 Å². The van der Waals surface area contributed by atoms with Crippen LogP contribution >= 0.6 is 7.82 Å². The fraction of sp³-hybridized carbons (Fsp3) is 0.884. The van der Waals surface area contributed by atoms with Crippen molar-refractivity contribution < 1.29 is 47.8 Å². The molecular formula is C43H82NO10P. The second-order valence-electron chi connectivity index (χ2n) is 15.2. The van der Waals surface area contributed by atoms with E-state index in [1.165, 1.54) is 116 Å². The first-order valence-electron chi connectivity index (χ1n) is 22.2. The van der Waals surface area contributed by atoms with Gasteiger partial charge in [0.15, 0.2) is 6.04 Å². The summed E-state index contributed by atoms with van der Waals surface area (Å²) in [5.74, 6) is -2.37. The number of rotatable bonds is 42. The molecule has 0 radical (unpaired) electrons. The van der Waals surface area contributed by atoms with Gasteiger partial charge in [-0.25, -0.2) is 9.36 Å². The number of hydrogen-bond donors (Lipinski definition) is 4. The van der Waals surface area contributed by atoms with Crippen molar-refractivity contribution in [2.24, 2.45) is 0 Å². The zero-order chi connectivity index (χ0) is 40.7. The maximum absolute atomic E-state index is 12.3. The Bertz CT molecular complexity index is 995. The number of esters is 1. The molecule has 55 heavy (non-hydrogen) atoms. The minimum atomic E-state index is -4.75. The van der Waals surface area contributed by atoms with Gasteiger partial charge < -0.3 is 25.2 Å². The van der Waals surface area contributed by atoms with Crippen LogP contribution in [0.2, 0.25) is 0 Å². The third-order valence-corrected chi connectivity index (χ3v) is 10.8. The van der Waals surface area contributed by atoms with Crippen molar-refractivity contribution >= 4 is 25.7 Å². The number of carboxylic acids is 1. The highest BCUT2D eigenvalue weighted by molar-refractivity contribution is 7.47. The highest BCUT2D eigenvalue weighted by atomic mass is 31.2. The standard InChI is InChI=1S/C43H82NO10P/c1-3-5-7-9-11-13-15-17-19-20-21-22-24-26-28-30-32-34-41(46)44-40(43(48)49)38-54-55(50,51)53-37-39(45)36-52-42(47)35-33-31-29-27-25-23-18-16-14-12-10-8-6-4-2/h16,18,39-40,45H,3-15,17,19-38H2,1-2H3,(H,44,46)(H,48,49)(H,50,51)/b18-16-. The van der Waals surface area contributed by atoms with Crippen molar-refractivity contribution in [1.82, 2.24) is 5.32 Å². The molecule has 0 rings (SSSR count). The molecule has 0 bridgehead atoms. The molecule has 1 amide bonds. The van der Waals surface area contributed by atoms with Crippen molar-refractivity contribution in [2.75, 3.05) is 19.8 Å². The molecular weight excluding hydrogens is 721 g/mol. The van der Waals surface area contributed by atoms with Gasteiger partial charge in [0, 0.05) is 12.8 Å². The summed E-state index contributed by atoms with van der Waals surface area (Å²) in [5.41, 5.74) is 0. The van der Waals surface area contributed by atoms with Gasteiger partial charge in [-0.2, -0.15) is 0 Å². The molecule has 12 heteroatoms. The van der Waals surface area contributed by atoms with E-state index < -0.39 is 57.6 Å². The maximum atomic E-state index is 12.3. The number of phosphoric acid groups is 1. The molecule has 0 saturated heterocycles. The molecule has 0 aliphatic carbocycles. The quantitative estimate of drug-likeness (QED) is 0.0202. The van der Waals surface area contributed by atoms with Crippen LogP contribution in [0.1, 0.15) is 213 Å². The lowest BCUT2D eigenvalue weighted by Gasteiger charge is -2.18. The van der Waals surface area contributed by atoms with Crippen LogP contribution in [0.3, 0.4) is 0 Å². The fourth-order valence-electron chi connectivity index (χ4n) is 6.31. The van der Waals surface area contributed by atoms with E-state index in [2.05, 4.69) is 31.3 Å². The minimum Gasteiger partial charge on any atom is -0.480 e. The van der Waals surface area contributed by atoms with Crippen LogP contribution in [0.4, 0.5) is 0 Å². The normalized spacial score (nSPS) is 13.8. The van der Waals surface area contributed by atoms with Gasteiger partial charge in [0.1, 0.15) is 12.7 Å². The van der Waals surface area contributed by atoms with E-state index >= 15 is 0 Å². The third kappa shape index (κ3) is 38.9. The highest BCUT2D eigenvalue weighted by Gasteiger charge is 2.28. The van der Waals surface area contributed by atoms with Crippen molar-refractivity contribution in [2.45, 2.75) is 225 Å². The van der Waals surface area contributed by atoms with Crippen LogP contribution in [-0.4, -0.2) is 64.9 Å². The number of allylic oxidation sites excluding steroid dienone is 2. The molecule has 0 aliphatic rings. The van der Waals surface area contributed by atoms with Crippen LogP contribution in [0.25, 0.3) is 0 Å². The minimum absolute atomic E-state index is 0.151. The highest BCUT2D eigenvalue weighted by Crippen LogP contribution is 2.43. The number of aliphatic carboxylic acids is 1. The molecule has 324 valence electrons. The van der Waals surface area contributed by atoms with E-state index in [1.54, 1.807) is 0 Å². The Balaban J connectivity index is 3.88. The first kappa shape index (κ1) is 53.2. The Morgan fingerprint density at radius 1 is 0.564 bits per heavy atom. The van der Waals surface area contributed by atoms with Crippen molar-refractivity contribution in [3.8, 4) is 0 Å². The van der Waals surface area contributed by atoms with Crippen molar-refractivity contribution in [3.63, 3.8) is 0 Å². The third-order valence-electron chi connectivity index (χ3n) is 9.80. The lowest BCUT2D eigenvalue weighted by molar-refractivity contribution is -0.147. The Kier molecular flexibility index (Phi) is 37.8. The summed E-state index contributed by atoms with van der Waals surface area (Å²) in [4.78, 5) is 45.9. The zero-order valence-corrected chi connectivity index (χ0v) is 35.9. The first-order chi connectivity index (χ1) is 26.6. The van der Waals surface area contributed by atoms with Crippen LogP contribution in [0.15, 0.2) is 12.2 Å². The number of unbranched alkanes of at least 4 members (excludes halogenated alkanes) is 26. The van der Waals surface area contributed by atoms with Crippen LogP contribution in [0, 0.1) is 0 Å². The van der Waals surface area contributed by atoms with E-state index in [1.807, 2.05) is 0 Å². The molecule has 3 unspecified atom stereocenters. The van der Waals surface area contributed by atoms with E-state index in [9.17, 15) is 34.1 Å². The van der Waals surface area contributed by atoms with Gasteiger partial charge in [0.05, 0.1) is 13.2 Å². The van der Waals surface area contributed by atoms with Gasteiger partial charge in [-0.15, -0.1) is 0 Å². The smallest absolute Gasteiger partial charge is 0.472 e. The molecule has 11 nitrogen and oxygen atoms in total. The Hall–Kier alpha value is -1.78. The molecule has 0 aliphatic heterocycles. The topological polar surface area (TPSA) is 169 Å². The molecule has 3 atom stereocenters. The number of nitrogens with one attached hydrogen (secondary N) is 1. The summed E-state index contributed by atoms with van der Waals surface area (Å²) in [5, 5.41) is 21.8. The lowest BCUT2D eigenvalue weighted by Crippen LogP contribution is -2.43. The largest absolute Gasteiger partial charge is 0.480 e. The number of carbonyl (C=O) groups is 3. The predicted octanol–water partition coefficient (Wildman–Crippen LogP) is 11.3. The molecule has 0 aromatic heterocycles. The number of phosphoric ester groups is 1. The van der Waals surface area contributed by atoms with Gasteiger partial charge in [0.2, 0.25) is 5.91 Å². The summed E-state index contributed by atoms with van der Waals surface area (Å²) in [6, 6.07) is -1.54. The van der Waals surface area contributed by atoms with Gasteiger partial charge in [0.25, 0.3) is 0 Å². The zero-order valence-electron chi connectivity index (χ0n) is 35.0. The Labute approximate surface area is 335 Å². The molecule has 0 spiro atoms. The van der Waals surface area contributed by atoms with E-state index in [4.69, 9.17) is 13.8 Å². The van der Waals surface area contributed by atoms with Gasteiger partial charge in [-0.05, 0) is 38.5 Å². The van der Waals surface area contributed by atoms with Crippen molar-refractivity contribution in [1.29, 1.82) is 0 Å². The van der Waals surface area contributed by atoms with Crippen LogP contribution < -0.4 is 5.32 Å². The summed E-state index contributed by atoms with van der Waals surface area (Å²) >= 11 is 0. The average Bonchev–Trinajstić information content (AvgIpc) is 3.16. The molecule has 0 saturated carbocycles. The summed E-state index contributed by atoms with van der Waals surface area (Å²) in [7, 11) is -4.75. The van der Waals surface area contributed by atoms with Gasteiger partial charge >= 0.3 is 19.8 Å². The first-order valence-corrected chi connectivity index (χ1v) is 23.7. The van der Waals surface area contributed by atoms with Crippen molar-refractivity contribution in [3.05, 3.63) is 12.2 Å². The average molecular weight is 804 g/mol. The number of carbonyl (C=O) groups excluding carboxylic acids is 2. The molecule has 0 fully saturated rings. The summed E-state index contributed by atoms with van der Waals surface area (Å²) < 4.78 is 26.8. The molecule has 0 aromatic carbocycles. The number of amides is 1. The molecule has 0 aromatic rings. The van der Waals surface area contributed by atoms with Gasteiger partial charge in [-0.3, -0.25) is 18.6 Å². The SMILES string of the molecule is CCCCCCC/C=C\CCCCCCCC(=O)OCC(O)COP(=O)(O)OCC(NC(=O)CCCCCCCCCCCCCCCCCCC)C(=O)O. The Morgan fingerprint density at radius 2 is 0.945 bits per heavy atom. The van der Waals surface area contributed by atoms with E-state index in [0.29, 0.717) is 12.8 Å². The number of carboxylic acid groups (broad SMARTS) is 1. The summed E-state index contributed by atoms with van der Waals surface area (Å²) in [6.45, 7) is 2.59. The predicted molar refractivity (Wildman–Crippen MR) is 222 cm³/mol. The molecule has 4 N–H and O–H groups in total. The fourth-order valence-corrected chi connectivity index (χ4v) is 7.08. The Morgan fingerprint density at radius 3 is 1.38 bits per heavy atom. The van der Waals surface area contributed by atoms with Gasteiger partial charge in [-0.1, -0.05) is 174 Å². The number of ether oxygens (including phenoxy) is 1. The number of aliphatic hydroxyl groups excluding tert-OH is 1. The maximum Gasteiger partial charge on any atom is 0.472 e. The van der Waals surface area contributed by atoms with E-state index in [0.717, 1.165) is 57.8 Å². The number of hydrogen-bond acceptors (Lipinski definition) is 8. The monoisotopic (exact) mass is 804 g/mol. The summed E-state index contributed by atoms with van der Waals surface area (Å²) in [6.07, 6.45) is 38.0. The lowest BCUT2D eigenvalue weighted by atomic mass is 10.0. The molecule has 0 heterocycles. The van der Waals surface area contributed by atoms with Crippen LogP contribution in [0.5, 0.6) is 0 Å². The second kappa shape index (κ2) is 39.1.